The van der Waals surface area contributed by atoms with Crippen LogP contribution in [-0.4, -0.2) is 35.6 Å². The molecule has 1 saturated carbocycles. The van der Waals surface area contributed by atoms with Gasteiger partial charge >= 0.3 is 18.3 Å². The maximum atomic E-state index is 13.1. The highest BCUT2D eigenvalue weighted by atomic mass is 19.3. The number of rotatable bonds is 3. The van der Waals surface area contributed by atoms with Crippen LogP contribution >= 0.6 is 0 Å². The molecule has 0 bridgehead atoms. The first-order chi connectivity index (χ1) is 10.7. The summed E-state index contributed by atoms with van der Waals surface area (Å²) in [6.45, 7) is 0. The predicted octanol–water partition coefficient (Wildman–Crippen LogP) is 2.82. The number of hydrogen-bond acceptors (Lipinski definition) is 4. The first-order valence-corrected chi connectivity index (χ1v) is 6.60. The number of halogens is 4. The molecular formula is C13H11F4NO5. The highest BCUT2D eigenvalue weighted by molar-refractivity contribution is 5.65. The summed E-state index contributed by atoms with van der Waals surface area (Å²) < 4.78 is 65.6. The molecule has 1 fully saturated rings. The van der Waals surface area contributed by atoms with E-state index in [1.165, 1.54) is 6.07 Å². The Morgan fingerprint density at radius 3 is 2.39 bits per heavy atom. The third-order valence-corrected chi connectivity index (χ3v) is 3.46. The third kappa shape index (κ3) is 2.92. The van der Waals surface area contributed by atoms with Crippen molar-refractivity contribution in [2.45, 2.75) is 37.2 Å². The summed E-state index contributed by atoms with van der Waals surface area (Å²) in [5.41, 5.74) is 0. The Balaban J connectivity index is 1.65. The lowest BCUT2D eigenvalue weighted by Crippen LogP contribution is -2.52. The first kappa shape index (κ1) is 15.5. The van der Waals surface area contributed by atoms with Crippen molar-refractivity contribution in [1.29, 1.82) is 0 Å². The number of hydrogen-bond donors (Lipinski definition) is 2. The molecule has 1 aromatic carbocycles. The van der Waals surface area contributed by atoms with Gasteiger partial charge in [-0.15, -0.1) is 0 Å². The fourth-order valence-electron chi connectivity index (χ4n) is 2.27. The normalized spacial score (nSPS) is 26.8. The fraction of sp³-hybridized carbons (Fsp3) is 0.462. The van der Waals surface area contributed by atoms with Crippen molar-refractivity contribution < 1.29 is 41.7 Å². The minimum atomic E-state index is -4.79. The van der Waals surface area contributed by atoms with E-state index in [1.807, 2.05) is 0 Å². The summed E-state index contributed by atoms with van der Waals surface area (Å²) in [4.78, 5) is 10.4. The Morgan fingerprint density at radius 1 is 1.17 bits per heavy atom. The van der Waals surface area contributed by atoms with Crippen molar-refractivity contribution >= 4 is 6.09 Å². The standard InChI is InChI=1S/C13H11F4NO5/c14-12(15)13(16,17)23-10-5-7(1-2-9(10)22-12)21-8-3-6(4-8)18-11(19)20/h1-2,5-6,8,18H,3-4H2,(H,19,20). The number of amides is 1. The van der Waals surface area contributed by atoms with Gasteiger partial charge in [0.2, 0.25) is 0 Å². The molecule has 1 amide bonds. The van der Waals surface area contributed by atoms with Crippen molar-refractivity contribution in [3.63, 3.8) is 0 Å². The van der Waals surface area contributed by atoms with Crippen LogP contribution in [0.1, 0.15) is 12.8 Å². The Kier molecular flexibility index (Phi) is 3.42. The number of fused-ring (bicyclic) bond motifs is 1. The maximum Gasteiger partial charge on any atom is 0.507 e. The molecule has 23 heavy (non-hydrogen) atoms. The van der Waals surface area contributed by atoms with E-state index < -0.39 is 29.8 Å². The van der Waals surface area contributed by atoms with Gasteiger partial charge in [0, 0.05) is 24.9 Å². The number of alkyl halides is 4. The van der Waals surface area contributed by atoms with E-state index >= 15 is 0 Å². The van der Waals surface area contributed by atoms with Crippen molar-refractivity contribution in [2.24, 2.45) is 0 Å². The van der Waals surface area contributed by atoms with E-state index in [9.17, 15) is 22.4 Å². The van der Waals surface area contributed by atoms with E-state index in [-0.39, 0.29) is 17.9 Å². The molecule has 126 valence electrons. The summed E-state index contributed by atoms with van der Waals surface area (Å²) in [5, 5.41) is 10.8. The summed E-state index contributed by atoms with van der Waals surface area (Å²) in [7, 11) is 0. The summed E-state index contributed by atoms with van der Waals surface area (Å²) in [5.74, 6) is -0.947. The smallest absolute Gasteiger partial charge is 0.490 e. The monoisotopic (exact) mass is 337 g/mol. The van der Waals surface area contributed by atoms with Crippen LogP contribution < -0.4 is 19.5 Å². The molecular weight excluding hydrogens is 326 g/mol. The second-order valence-electron chi connectivity index (χ2n) is 5.20. The second kappa shape index (κ2) is 5.07. The summed E-state index contributed by atoms with van der Waals surface area (Å²) in [6, 6.07) is 3.10. The lowest BCUT2D eigenvalue weighted by molar-refractivity contribution is -0.391. The minimum Gasteiger partial charge on any atom is -0.490 e. The van der Waals surface area contributed by atoms with Gasteiger partial charge in [0.05, 0.1) is 0 Å². The molecule has 6 nitrogen and oxygen atoms in total. The zero-order chi connectivity index (χ0) is 16.8. The van der Waals surface area contributed by atoms with Crippen molar-refractivity contribution in [3.8, 4) is 17.2 Å². The first-order valence-electron chi connectivity index (χ1n) is 6.60. The topological polar surface area (TPSA) is 77.0 Å². The number of carboxylic acid groups (broad SMARTS) is 1. The Morgan fingerprint density at radius 2 is 1.78 bits per heavy atom. The number of nitrogens with one attached hydrogen (secondary N) is 1. The molecule has 1 aliphatic carbocycles. The van der Waals surface area contributed by atoms with Crippen LogP contribution in [0.5, 0.6) is 17.2 Å². The van der Waals surface area contributed by atoms with Crippen molar-refractivity contribution in [3.05, 3.63) is 18.2 Å². The molecule has 0 unspecified atom stereocenters. The fourth-order valence-corrected chi connectivity index (χ4v) is 2.27. The molecule has 1 aliphatic heterocycles. The van der Waals surface area contributed by atoms with Gasteiger partial charge in [-0.1, -0.05) is 0 Å². The average Bonchev–Trinajstić information content (AvgIpc) is 2.36. The van der Waals surface area contributed by atoms with E-state index in [4.69, 9.17) is 9.84 Å². The van der Waals surface area contributed by atoms with Crippen LogP contribution in [0.3, 0.4) is 0 Å². The molecule has 2 aliphatic rings. The largest absolute Gasteiger partial charge is 0.507 e. The number of carbonyl (C=O) groups is 1. The van der Waals surface area contributed by atoms with Crippen LogP contribution in [0.15, 0.2) is 18.2 Å². The lowest BCUT2D eigenvalue weighted by atomic mass is 9.89. The van der Waals surface area contributed by atoms with Gasteiger partial charge in [-0.05, 0) is 12.1 Å². The zero-order valence-electron chi connectivity index (χ0n) is 11.4. The van der Waals surface area contributed by atoms with E-state index in [0.29, 0.717) is 12.8 Å². The van der Waals surface area contributed by atoms with E-state index in [2.05, 4.69) is 14.8 Å². The molecule has 1 aromatic rings. The van der Waals surface area contributed by atoms with Gasteiger partial charge in [-0.25, -0.2) is 4.79 Å². The van der Waals surface area contributed by atoms with Gasteiger partial charge in [0.1, 0.15) is 11.9 Å². The molecule has 1 heterocycles. The highest BCUT2D eigenvalue weighted by Crippen LogP contribution is 2.48. The van der Waals surface area contributed by atoms with Crippen molar-refractivity contribution in [2.75, 3.05) is 0 Å². The molecule has 0 aromatic heterocycles. The average molecular weight is 337 g/mol. The molecule has 10 heteroatoms. The van der Waals surface area contributed by atoms with Crippen LogP contribution in [0, 0.1) is 0 Å². The van der Waals surface area contributed by atoms with Gasteiger partial charge in [-0.3, -0.25) is 0 Å². The SMILES string of the molecule is O=C(O)NC1CC(Oc2ccc3c(c2)OC(F)(F)C(F)(F)O3)C1. The van der Waals surface area contributed by atoms with Crippen LogP contribution in [-0.2, 0) is 0 Å². The number of benzene rings is 1. The quantitative estimate of drug-likeness (QED) is 0.830. The molecule has 3 rings (SSSR count). The lowest BCUT2D eigenvalue weighted by Gasteiger charge is -2.35. The molecule has 0 saturated heterocycles. The second-order valence-corrected chi connectivity index (χ2v) is 5.20. The third-order valence-electron chi connectivity index (χ3n) is 3.46. The Bertz CT molecular complexity index is 633. The van der Waals surface area contributed by atoms with E-state index in [1.54, 1.807) is 0 Å². The molecule has 0 radical (unpaired) electrons. The maximum absolute atomic E-state index is 13.1. The predicted molar refractivity (Wildman–Crippen MR) is 66.2 cm³/mol. The summed E-state index contributed by atoms with van der Waals surface area (Å²) in [6.07, 6.45) is -10.2. The number of ether oxygens (including phenoxy) is 3. The minimum absolute atomic E-state index is 0.132. The molecule has 0 atom stereocenters. The van der Waals surface area contributed by atoms with Gasteiger partial charge in [0.25, 0.3) is 0 Å². The zero-order valence-corrected chi connectivity index (χ0v) is 11.4. The summed E-state index contributed by atoms with van der Waals surface area (Å²) >= 11 is 0. The van der Waals surface area contributed by atoms with Crippen LogP contribution in [0.4, 0.5) is 22.4 Å². The van der Waals surface area contributed by atoms with Crippen LogP contribution in [0.2, 0.25) is 0 Å². The van der Waals surface area contributed by atoms with Gasteiger partial charge in [-0.2, -0.15) is 17.6 Å². The van der Waals surface area contributed by atoms with Gasteiger partial charge < -0.3 is 24.6 Å². The van der Waals surface area contributed by atoms with E-state index in [0.717, 1.165) is 12.1 Å². The highest BCUT2D eigenvalue weighted by Gasteiger charge is 2.66. The Labute approximate surface area is 126 Å². The van der Waals surface area contributed by atoms with Gasteiger partial charge in [0.15, 0.2) is 11.5 Å². The van der Waals surface area contributed by atoms with Crippen molar-refractivity contribution in [1.82, 2.24) is 5.32 Å². The molecule has 0 spiro atoms. The molecule has 2 N–H and O–H groups in total. The Hall–Kier alpha value is -2.39. The van der Waals surface area contributed by atoms with Crippen LogP contribution in [0.25, 0.3) is 0 Å².